The Balaban J connectivity index is 1.82. The van der Waals surface area contributed by atoms with Crippen molar-refractivity contribution in [2.24, 2.45) is 0 Å². The minimum atomic E-state index is -0.282. The number of halogens is 2. The molecule has 29 heavy (non-hydrogen) atoms. The highest BCUT2D eigenvalue weighted by atomic mass is 79.9. The molecular weight excluding hydrogens is 437 g/mol. The Kier molecular flexibility index (Phi) is 5.08. The number of fused-ring (bicyclic) bond motifs is 1. The van der Waals surface area contributed by atoms with Gasteiger partial charge >= 0.3 is 0 Å². The van der Waals surface area contributed by atoms with E-state index >= 15 is 0 Å². The van der Waals surface area contributed by atoms with Gasteiger partial charge in [-0.15, -0.1) is 10.2 Å². The second-order valence-corrected chi connectivity index (χ2v) is 7.97. The summed E-state index contributed by atoms with van der Waals surface area (Å²) in [6.45, 7) is 5.66. The number of benzene rings is 2. The summed E-state index contributed by atoms with van der Waals surface area (Å²) in [5, 5.41) is 7.98. The van der Waals surface area contributed by atoms with Crippen molar-refractivity contribution < 1.29 is 13.6 Å². The first kappa shape index (κ1) is 19.5. The standard InChI is InChI=1S/C22H19BrFN3O2/c1-12-4-7-16-19(8-12)27(11-15-6-5-13(2)18(24)9-15)20(28)10-17(21(16)23)22-26-25-14(3)29-22/h4-9H,10-11H2,1-3H3. The molecule has 4 rings (SSSR count). The van der Waals surface area contributed by atoms with Crippen molar-refractivity contribution in [3.63, 3.8) is 0 Å². The van der Waals surface area contributed by atoms with Crippen LogP contribution in [0.15, 0.2) is 40.8 Å². The van der Waals surface area contributed by atoms with E-state index in [1.807, 2.05) is 31.2 Å². The van der Waals surface area contributed by atoms with E-state index in [0.29, 0.717) is 22.9 Å². The molecule has 0 unspecified atom stereocenters. The average Bonchev–Trinajstić information content (AvgIpc) is 3.08. The monoisotopic (exact) mass is 455 g/mol. The van der Waals surface area contributed by atoms with Gasteiger partial charge in [-0.2, -0.15) is 0 Å². The molecule has 1 aliphatic heterocycles. The van der Waals surface area contributed by atoms with Crippen LogP contribution in [0.4, 0.5) is 10.1 Å². The van der Waals surface area contributed by atoms with Crippen LogP contribution in [-0.2, 0) is 11.3 Å². The summed E-state index contributed by atoms with van der Waals surface area (Å²) in [5.41, 5.74) is 4.56. The van der Waals surface area contributed by atoms with Gasteiger partial charge in [0.15, 0.2) is 0 Å². The van der Waals surface area contributed by atoms with E-state index in [1.165, 1.54) is 6.07 Å². The first-order valence-corrected chi connectivity index (χ1v) is 9.98. The number of hydrogen-bond acceptors (Lipinski definition) is 4. The SMILES string of the molecule is Cc1ccc2c(c1)N(Cc1ccc(C)c(F)c1)C(=O)CC(c1nnc(C)o1)=C2Br. The number of hydrogen-bond donors (Lipinski definition) is 0. The maximum absolute atomic E-state index is 14.1. The van der Waals surface area contributed by atoms with Gasteiger partial charge in [0.2, 0.25) is 17.7 Å². The van der Waals surface area contributed by atoms with Crippen molar-refractivity contribution in [1.82, 2.24) is 10.2 Å². The molecule has 5 nitrogen and oxygen atoms in total. The zero-order valence-corrected chi connectivity index (χ0v) is 17.9. The number of aromatic nitrogens is 2. The normalized spacial score (nSPS) is 14.2. The topological polar surface area (TPSA) is 59.2 Å². The third-order valence-electron chi connectivity index (χ3n) is 4.94. The predicted molar refractivity (Wildman–Crippen MR) is 113 cm³/mol. The lowest BCUT2D eigenvalue weighted by Gasteiger charge is -2.24. The molecule has 0 spiro atoms. The van der Waals surface area contributed by atoms with Crippen LogP contribution in [0.5, 0.6) is 0 Å². The smallest absolute Gasteiger partial charge is 0.245 e. The Bertz CT molecular complexity index is 1150. The molecule has 0 N–H and O–H groups in total. The molecule has 0 saturated carbocycles. The summed E-state index contributed by atoms with van der Waals surface area (Å²) in [4.78, 5) is 15.0. The maximum atomic E-state index is 14.1. The molecule has 0 saturated heterocycles. The van der Waals surface area contributed by atoms with Gasteiger partial charge in [0.25, 0.3) is 0 Å². The molecule has 7 heteroatoms. The van der Waals surface area contributed by atoms with E-state index in [-0.39, 0.29) is 24.7 Å². The zero-order valence-electron chi connectivity index (χ0n) is 16.3. The summed E-state index contributed by atoms with van der Waals surface area (Å²) in [6, 6.07) is 11.0. The van der Waals surface area contributed by atoms with Crippen molar-refractivity contribution >= 4 is 37.6 Å². The fraction of sp³-hybridized carbons (Fsp3) is 0.227. The number of nitrogens with zero attached hydrogens (tertiary/aromatic N) is 3. The van der Waals surface area contributed by atoms with Gasteiger partial charge in [0.05, 0.1) is 18.7 Å². The Morgan fingerprint density at radius 2 is 1.93 bits per heavy atom. The van der Waals surface area contributed by atoms with Gasteiger partial charge in [-0.25, -0.2) is 4.39 Å². The molecule has 2 heterocycles. The highest BCUT2D eigenvalue weighted by molar-refractivity contribution is 9.15. The molecule has 0 fully saturated rings. The Labute approximate surface area is 176 Å². The van der Waals surface area contributed by atoms with Crippen LogP contribution in [-0.4, -0.2) is 16.1 Å². The lowest BCUT2D eigenvalue weighted by molar-refractivity contribution is -0.117. The van der Waals surface area contributed by atoms with E-state index in [2.05, 4.69) is 26.1 Å². The van der Waals surface area contributed by atoms with E-state index < -0.39 is 0 Å². The highest BCUT2D eigenvalue weighted by Gasteiger charge is 2.30. The third kappa shape index (κ3) is 3.74. The molecule has 3 aromatic rings. The van der Waals surface area contributed by atoms with Crippen LogP contribution in [0, 0.1) is 26.6 Å². The van der Waals surface area contributed by atoms with E-state index in [1.54, 1.807) is 24.8 Å². The number of carbonyl (C=O) groups is 1. The minimum Gasteiger partial charge on any atom is -0.421 e. The molecule has 1 aromatic heterocycles. The Morgan fingerprint density at radius 3 is 2.62 bits per heavy atom. The Morgan fingerprint density at radius 1 is 1.14 bits per heavy atom. The summed E-state index contributed by atoms with van der Waals surface area (Å²) < 4.78 is 20.4. The van der Waals surface area contributed by atoms with Gasteiger partial charge in [0, 0.05) is 22.5 Å². The largest absolute Gasteiger partial charge is 0.421 e. The van der Waals surface area contributed by atoms with Gasteiger partial charge in [-0.05, 0) is 58.6 Å². The second-order valence-electron chi connectivity index (χ2n) is 7.18. The molecule has 0 aliphatic carbocycles. The molecule has 1 amide bonds. The van der Waals surface area contributed by atoms with Gasteiger partial charge in [-0.3, -0.25) is 4.79 Å². The van der Waals surface area contributed by atoms with Crippen molar-refractivity contribution in [3.05, 3.63) is 76.3 Å². The highest BCUT2D eigenvalue weighted by Crippen LogP contribution is 2.42. The van der Waals surface area contributed by atoms with Crippen molar-refractivity contribution in [2.75, 3.05) is 4.90 Å². The maximum Gasteiger partial charge on any atom is 0.245 e. The fourth-order valence-corrected chi connectivity index (χ4v) is 4.00. The molecule has 0 radical (unpaired) electrons. The zero-order chi connectivity index (χ0) is 20.7. The first-order chi connectivity index (χ1) is 13.8. The van der Waals surface area contributed by atoms with Gasteiger partial charge in [0.1, 0.15) is 5.82 Å². The summed E-state index contributed by atoms with van der Waals surface area (Å²) in [6.07, 6.45) is 0.0876. The van der Waals surface area contributed by atoms with Gasteiger partial charge < -0.3 is 9.32 Å². The van der Waals surface area contributed by atoms with E-state index in [9.17, 15) is 9.18 Å². The molecule has 0 atom stereocenters. The van der Waals surface area contributed by atoms with Crippen molar-refractivity contribution in [1.29, 1.82) is 0 Å². The number of aryl methyl sites for hydroxylation is 3. The molecule has 2 aromatic carbocycles. The predicted octanol–water partition coefficient (Wildman–Crippen LogP) is 5.33. The van der Waals surface area contributed by atoms with Crippen LogP contribution in [0.2, 0.25) is 0 Å². The lowest BCUT2D eigenvalue weighted by Crippen LogP contribution is -2.30. The van der Waals surface area contributed by atoms with Crippen LogP contribution in [0.1, 0.15) is 40.5 Å². The summed E-state index contributed by atoms with van der Waals surface area (Å²) >= 11 is 3.65. The third-order valence-corrected chi connectivity index (χ3v) is 5.84. The quantitative estimate of drug-likeness (QED) is 0.535. The van der Waals surface area contributed by atoms with Crippen LogP contribution in [0.25, 0.3) is 10.1 Å². The van der Waals surface area contributed by atoms with E-state index in [4.69, 9.17) is 4.42 Å². The summed E-state index contributed by atoms with van der Waals surface area (Å²) in [5.74, 6) is 0.340. The number of amides is 1. The minimum absolute atomic E-state index is 0.0876. The molecule has 148 valence electrons. The van der Waals surface area contributed by atoms with Crippen LogP contribution < -0.4 is 4.90 Å². The number of anilines is 1. The first-order valence-electron chi connectivity index (χ1n) is 9.19. The average molecular weight is 456 g/mol. The van der Waals surface area contributed by atoms with E-state index in [0.717, 1.165) is 26.9 Å². The molecular formula is C22H19BrFN3O2. The van der Waals surface area contributed by atoms with Crippen molar-refractivity contribution in [2.45, 2.75) is 33.7 Å². The molecule has 0 bridgehead atoms. The van der Waals surface area contributed by atoms with Gasteiger partial charge in [-0.1, -0.05) is 24.3 Å². The van der Waals surface area contributed by atoms with Crippen LogP contribution in [0.3, 0.4) is 0 Å². The second kappa shape index (κ2) is 7.55. The number of carbonyl (C=O) groups excluding carboxylic acids is 1. The van der Waals surface area contributed by atoms with Crippen LogP contribution >= 0.6 is 15.9 Å². The number of rotatable bonds is 3. The Hall–Kier alpha value is -2.80. The fourth-order valence-electron chi connectivity index (χ4n) is 3.35. The van der Waals surface area contributed by atoms with Crippen molar-refractivity contribution in [3.8, 4) is 0 Å². The molecule has 1 aliphatic rings. The summed E-state index contributed by atoms with van der Waals surface area (Å²) in [7, 11) is 0. The lowest BCUT2D eigenvalue weighted by atomic mass is 10.1.